The van der Waals surface area contributed by atoms with Crippen molar-refractivity contribution in [1.82, 2.24) is 10.2 Å². The Balaban J connectivity index is 1.84. The zero-order valence-electron chi connectivity index (χ0n) is 15.2. The molecule has 0 aliphatic carbocycles. The molecule has 6 heteroatoms. The Morgan fingerprint density at radius 1 is 1.00 bits per heavy atom. The van der Waals surface area contributed by atoms with Crippen molar-refractivity contribution in [2.75, 3.05) is 19.5 Å². The Hall–Kier alpha value is -3.28. The number of aromatic nitrogens is 2. The summed E-state index contributed by atoms with van der Waals surface area (Å²) in [6.45, 7) is 3.99. The normalized spacial score (nSPS) is 10.5. The number of aryl methyl sites for hydroxylation is 2. The minimum absolute atomic E-state index is 0.249. The standard InChI is InChI=1S/C20H21N3O3/c1-12-7-13(2)9-14(8-12)21-20(24)18-11-17(22-23-18)16-6-5-15(25-3)10-19(16)26-4/h5-11H,1-4H3,(H,21,24)(H,22,23). The number of rotatable bonds is 5. The van der Waals surface area contributed by atoms with Crippen LogP contribution in [0.15, 0.2) is 42.5 Å². The Morgan fingerprint density at radius 2 is 1.73 bits per heavy atom. The summed E-state index contributed by atoms with van der Waals surface area (Å²) in [5, 5.41) is 9.92. The van der Waals surface area contributed by atoms with Crippen LogP contribution in [0, 0.1) is 13.8 Å². The van der Waals surface area contributed by atoms with Crippen molar-refractivity contribution in [1.29, 1.82) is 0 Å². The summed E-state index contributed by atoms with van der Waals surface area (Å²) in [7, 11) is 3.18. The van der Waals surface area contributed by atoms with E-state index in [9.17, 15) is 4.79 Å². The molecule has 2 N–H and O–H groups in total. The molecule has 0 fully saturated rings. The van der Waals surface area contributed by atoms with Crippen LogP contribution in [0.4, 0.5) is 5.69 Å². The summed E-state index contributed by atoms with van der Waals surface area (Å²) >= 11 is 0. The van der Waals surface area contributed by atoms with Crippen LogP contribution in [0.1, 0.15) is 21.6 Å². The van der Waals surface area contributed by atoms with Gasteiger partial charge in [-0.2, -0.15) is 5.10 Å². The third kappa shape index (κ3) is 3.69. The van der Waals surface area contributed by atoms with Crippen LogP contribution in [0.3, 0.4) is 0 Å². The highest BCUT2D eigenvalue weighted by Crippen LogP contribution is 2.32. The van der Waals surface area contributed by atoms with Gasteiger partial charge in [0.1, 0.15) is 17.2 Å². The first kappa shape index (κ1) is 17.5. The average Bonchev–Trinajstić information content (AvgIpc) is 3.10. The molecule has 0 bridgehead atoms. The fourth-order valence-electron chi connectivity index (χ4n) is 2.83. The molecule has 1 heterocycles. The minimum atomic E-state index is -0.249. The summed E-state index contributed by atoms with van der Waals surface area (Å²) in [6.07, 6.45) is 0. The van der Waals surface area contributed by atoms with E-state index in [2.05, 4.69) is 21.6 Å². The van der Waals surface area contributed by atoms with E-state index >= 15 is 0 Å². The first-order valence-electron chi connectivity index (χ1n) is 8.17. The molecule has 1 amide bonds. The van der Waals surface area contributed by atoms with Gasteiger partial charge in [-0.25, -0.2) is 0 Å². The number of hydrogen-bond acceptors (Lipinski definition) is 4. The van der Waals surface area contributed by atoms with Crippen molar-refractivity contribution in [2.24, 2.45) is 0 Å². The van der Waals surface area contributed by atoms with Crippen LogP contribution in [0.2, 0.25) is 0 Å². The highest BCUT2D eigenvalue weighted by molar-refractivity contribution is 6.03. The molecule has 0 aliphatic heterocycles. The minimum Gasteiger partial charge on any atom is -0.497 e. The molecule has 2 aromatic carbocycles. The topological polar surface area (TPSA) is 76.2 Å². The van der Waals surface area contributed by atoms with Crippen LogP contribution >= 0.6 is 0 Å². The van der Waals surface area contributed by atoms with E-state index in [4.69, 9.17) is 9.47 Å². The molecular weight excluding hydrogens is 330 g/mol. The number of ether oxygens (including phenoxy) is 2. The molecule has 0 saturated carbocycles. The number of nitrogens with zero attached hydrogens (tertiary/aromatic N) is 1. The van der Waals surface area contributed by atoms with E-state index in [1.54, 1.807) is 26.4 Å². The second kappa shape index (κ2) is 7.31. The smallest absolute Gasteiger partial charge is 0.273 e. The number of aromatic amines is 1. The lowest BCUT2D eigenvalue weighted by Gasteiger charge is -2.08. The number of anilines is 1. The molecule has 6 nitrogen and oxygen atoms in total. The molecule has 134 valence electrons. The molecule has 26 heavy (non-hydrogen) atoms. The number of nitrogens with one attached hydrogen (secondary N) is 2. The first-order valence-corrected chi connectivity index (χ1v) is 8.17. The van der Waals surface area contributed by atoms with Crippen molar-refractivity contribution in [3.63, 3.8) is 0 Å². The molecule has 0 unspecified atom stereocenters. The van der Waals surface area contributed by atoms with Gasteiger partial charge in [-0.1, -0.05) is 6.07 Å². The van der Waals surface area contributed by atoms with Crippen molar-refractivity contribution >= 4 is 11.6 Å². The highest BCUT2D eigenvalue weighted by atomic mass is 16.5. The van der Waals surface area contributed by atoms with E-state index in [1.807, 2.05) is 38.1 Å². The molecule has 0 spiro atoms. The van der Waals surface area contributed by atoms with Crippen LogP contribution in [-0.2, 0) is 0 Å². The van der Waals surface area contributed by atoms with Gasteiger partial charge in [-0.05, 0) is 55.3 Å². The maximum Gasteiger partial charge on any atom is 0.273 e. The van der Waals surface area contributed by atoms with Gasteiger partial charge < -0.3 is 14.8 Å². The lowest BCUT2D eigenvalue weighted by atomic mass is 10.1. The molecule has 0 aliphatic rings. The van der Waals surface area contributed by atoms with E-state index in [-0.39, 0.29) is 5.91 Å². The number of benzene rings is 2. The second-order valence-electron chi connectivity index (χ2n) is 6.06. The third-order valence-electron chi connectivity index (χ3n) is 3.99. The van der Waals surface area contributed by atoms with Crippen molar-refractivity contribution < 1.29 is 14.3 Å². The lowest BCUT2D eigenvalue weighted by Crippen LogP contribution is -2.12. The lowest BCUT2D eigenvalue weighted by molar-refractivity contribution is 0.102. The van der Waals surface area contributed by atoms with Gasteiger partial charge in [0.05, 0.1) is 19.9 Å². The maximum absolute atomic E-state index is 12.5. The Kier molecular flexibility index (Phi) is 4.93. The van der Waals surface area contributed by atoms with Crippen LogP contribution in [-0.4, -0.2) is 30.3 Å². The molecule has 0 radical (unpaired) electrons. The average molecular weight is 351 g/mol. The Bertz CT molecular complexity index is 927. The Morgan fingerprint density at radius 3 is 2.38 bits per heavy atom. The van der Waals surface area contributed by atoms with Gasteiger partial charge >= 0.3 is 0 Å². The van der Waals surface area contributed by atoms with Crippen LogP contribution in [0.25, 0.3) is 11.3 Å². The molecular formula is C20H21N3O3. The van der Waals surface area contributed by atoms with Gasteiger partial charge in [0.25, 0.3) is 5.91 Å². The maximum atomic E-state index is 12.5. The largest absolute Gasteiger partial charge is 0.497 e. The second-order valence-corrected chi connectivity index (χ2v) is 6.06. The fourth-order valence-corrected chi connectivity index (χ4v) is 2.83. The van der Waals surface area contributed by atoms with Crippen LogP contribution < -0.4 is 14.8 Å². The van der Waals surface area contributed by atoms with Gasteiger partial charge in [-0.3, -0.25) is 9.89 Å². The van der Waals surface area contributed by atoms with Crippen molar-refractivity contribution in [2.45, 2.75) is 13.8 Å². The number of carbonyl (C=O) groups is 1. The predicted octanol–water partition coefficient (Wildman–Crippen LogP) is 3.96. The molecule has 0 atom stereocenters. The van der Waals surface area contributed by atoms with Gasteiger partial charge in [0.15, 0.2) is 0 Å². The molecule has 3 rings (SSSR count). The van der Waals surface area contributed by atoms with Gasteiger partial charge in [0.2, 0.25) is 0 Å². The van der Waals surface area contributed by atoms with Gasteiger partial charge in [0, 0.05) is 17.3 Å². The van der Waals surface area contributed by atoms with Gasteiger partial charge in [-0.15, -0.1) is 0 Å². The molecule has 1 aromatic heterocycles. The zero-order valence-corrected chi connectivity index (χ0v) is 15.2. The van der Waals surface area contributed by atoms with E-state index < -0.39 is 0 Å². The summed E-state index contributed by atoms with van der Waals surface area (Å²) < 4.78 is 10.6. The summed E-state index contributed by atoms with van der Waals surface area (Å²) in [4.78, 5) is 12.5. The number of amides is 1. The first-order chi connectivity index (χ1) is 12.5. The summed E-state index contributed by atoms with van der Waals surface area (Å²) in [5.74, 6) is 1.06. The SMILES string of the molecule is COc1ccc(-c2cc(C(=O)Nc3cc(C)cc(C)c3)[nH]n2)c(OC)c1. The monoisotopic (exact) mass is 351 g/mol. The molecule has 3 aromatic rings. The highest BCUT2D eigenvalue weighted by Gasteiger charge is 2.15. The van der Waals surface area contributed by atoms with Crippen LogP contribution in [0.5, 0.6) is 11.5 Å². The van der Waals surface area contributed by atoms with E-state index in [1.165, 1.54) is 0 Å². The Labute approximate surface area is 152 Å². The van der Waals surface area contributed by atoms with E-state index in [0.29, 0.717) is 22.9 Å². The molecule has 0 saturated heterocycles. The summed E-state index contributed by atoms with van der Waals surface area (Å²) in [6, 6.07) is 13.0. The number of hydrogen-bond donors (Lipinski definition) is 2. The quantitative estimate of drug-likeness (QED) is 0.729. The predicted molar refractivity (Wildman–Crippen MR) is 101 cm³/mol. The third-order valence-corrected chi connectivity index (χ3v) is 3.99. The van der Waals surface area contributed by atoms with E-state index in [0.717, 1.165) is 22.4 Å². The summed E-state index contributed by atoms with van der Waals surface area (Å²) in [5.41, 5.74) is 4.70. The number of carbonyl (C=O) groups excluding carboxylic acids is 1. The van der Waals surface area contributed by atoms with Crippen molar-refractivity contribution in [3.8, 4) is 22.8 Å². The van der Waals surface area contributed by atoms with Crippen molar-refractivity contribution in [3.05, 3.63) is 59.3 Å². The number of H-pyrrole nitrogens is 1. The fraction of sp³-hybridized carbons (Fsp3) is 0.200. The zero-order chi connectivity index (χ0) is 18.7. The number of methoxy groups -OCH3 is 2.